The average Bonchev–Trinajstić information content (AvgIpc) is 3.63. The van der Waals surface area contributed by atoms with Gasteiger partial charge in [-0.05, 0) is 18.4 Å². The maximum absolute atomic E-state index is 16.0. The van der Waals surface area contributed by atoms with Crippen molar-refractivity contribution in [1.29, 1.82) is 0 Å². The molecule has 1 saturated carbocycles. The number of aromatic nitrogens is 1. The molecule has 2 fully saturated rings. The van der Waals surface area contributed by atoms with Crippen LogP contribution in [0.15, 0.2) is 46.5 Å². The highest BCUT2D eigenvalue weighted by atomic mass is 19.1. The summed E-state index contributed by atoms with van der Waals surface area (Å²) in [5.41, 5.74) is 10.6. The molecule has 3 aromatic rings. The molecule has 0 amide bonds. The third kappa shape index (κ3) is 4.05. The Balaban J connectivity index is 1.56. The molecular weight excluding hydrogens is 472 g/mol. The normalized spacial score (nSPS) is 18.8. The molecule has 0 spiro atoms. The van der Waals surface area contributed by atoms with Crippen LogP contribution in [0.3, 0.4) is 0 Å². The minimum Gasteiger partial charge on any atom is -0.477 e. The smallest absolute Gasteiger partial charge is 0.341 e. The number of oxime groups is 1. The molecule has 1 saturated heterocycles. The van der Waals surface area contributed by atoms with Gasteiger partial charge in [-0.25, -0.2) is 13.6 Å². The first-order chi connectivity index (χ1) is 17.3. The van der Waals surface area contributed by atoms with Gasteiger partial charge in [-0.1, -0.05) is 35.5 Å². The van der Waals surface area contributed by atoms with Gasteiger partial charge in [-0.3, -0.25) is 4.79 Å². The summed E-state index contributed by atoms with van der Waals surface area (Å²) in [6.07, 6.45) is 2.47. The van der Waals surface area contributed by atoms with Gasteiger partial charge in [0.2, 0.25) is 5.43 Å². The van der Waals surface area contributed by atoms with E-state index in [4.69, 9.17) is 16.3 Å². The van der Waals surface area contributed by atoms with Gasteiger partial charge in [-0.2, -0.15) is 0 Å². The minimum absolute atomic E-state index is 0.0519. The van der Waals surface area contributed by atoms with Crippen LogP contribution in [0.5, 0.6) is 0 Å². The summed E-state index contributed by atoms with van der Waals surface area (Å²) in [7, 11) is 0. The average molecular weight is 498 g/mol. The van der Waals surface area contributed by atoms with Crippen molar-refractivity contribution in [2.45, 2.75) is 25.5 Å². The molecule has 9 nitrogen and oxygen atoms in total. The number of aromatic carboxylic acids is 1. The number of pyridine rings is 1. The lowest BCUT2D eigenvalue weighted by atomic mass is 10.1. The zero-order valence-electron chi connectivity index (χ0n) is 19.3. The topological polar surface area (TPSA) is 136 Å². The number of carboxylic acids is 1. The molecule has 1 unspecified atom stereocenters. The van der Waals surface area contributed by atoms with Crippen LogP contribution in [0.2, 0.25) is 0 Å². The largest absolute Gasteiger partial charge is 0.477 e. The van der Waals surface area contributed by atoms with Gasteiger partial charge in [0.05, 0.1) is 28.8 Å². The lowest BCUT2D eigenvalue weighted by Crippen LogP contribution is -2.27. The highest BCUT2D eigenvalue weighted by Crippen LogP contribution is 2.42. The molecule has 1 aliphatic carbocycles. The monoisotopic (exact) mass is 497 g/mol. The van der Waals surface area contributed by atoms with E-state index in [-0.39, 0.29) is 43.7 Å². The summed E-state index contributed by atoms with van der Waals surface area (Å²) in [5.74, 6) is -3.89. The van der Waals surface area contributed by atoms with E-state index in [9.17, 15) is 14.7 Å². The summed E-state index contributed by atoms with van der Waals surface area (Å²) in [6, 6.07) is 9.22. The summed E-state index contributed by atoms with van der Waals surface area (Å²) in [4.78, 5) is 31.4. The van der Waals surface area contributed by atoms with Gasteiger partial charge < -0.3 is 30.9 Å². The molecule has 1 aromatic heterocycles. The number of nitrogen functional groups attached to an aromatic ring is 1. The third-order valence-corrected chi connectivity index (χ3v) is 6.66. The molecule has 36 heavy (non-hydrogen) atoms. The number of hydrogen-bond acceptors (Lipinski definition) is 7. The van der Waals surface area contributed by atoms with Crippen LogP contribution in [-0.2, 0) is 11.4 Å². The van der Waals surface area contributed by atoms with Crippen molar-refractivity contribution >= 4 is 34.0 Å². The van der Waals surface area contributed by atoms with Crippen LogP contribution in [0.25, 0.3) is 10.9 Å². The van der Waals surface area contributed by atoms with E-state index in [1.54, 1.807) is 0 Å². The van der Waals surface area contributed by atoms with Crippen molar-refractivity contribution in [3.63, 3.8) is 0 Å². The molecule has 2 aromatic carbocycles. The molecule has 188 valence electrons. The third-order valence-electron chi connectivity index (χ3n) is 6.66. The Labute approximate surface area is 204 Å². The zero-order valence-corrected chi connectivity index (χ0v) is 19.3. The quantitative estimate of drug-likeness (QED) is 0.337. The van der Waals surface area contributed by atoms with Gasteiger partial charge in [0.25, 0.3) is 0 Å². The molecule has 2 heterocycles. The van der Waals surface area contributed by atoms with Gasteiger partial charge in [0.15, 0.2) is 11.6 Å². The Kier molecular flexibility index (Phi) is 6.09. The number of carboxylic acid groups (broad SMARTS) is 1. The Bertz CT molecular complexity index is 1440. The van der Waals surface area contributed by atoms with E-state index in [1.165, 1.54) is 9.47 Å². The number of benzene rings is 2. The maximum atomic E-state index is 16.0. The van der Waals surface area contributed by atoms with Crippen molar-refractivity contribution in [2.75, 3.05) is 30.3 Å². The summed E-state index contributed by atoms with van der Waals surface area (Å²) in [6.45, 7) is 0.637. The number of anilines is 2. The van der Waals surface area contributed by atoms with Crippen LogP contribution in [-0.4, -0.2) is 41.0 Å². The lowest BCUT2D eigenvalue weighted by molar-refractivity contribution is 0.0695. The molecule has 5 rings (SSSR count). The lowest BCUT2D eigenvalue weighted by Gasteiger charge is -2.23. The Morgan fingerprint density at radius 3 is 2.56 bits per heavy atom. The van der Waals surface area contributed by atoms with Crippen LogP contribution in [0.1, 0.15) is 34.8 Å². The predicted molar refractivity (Wildman–Crippen MR) is 131 cm³/mol. The first kappa shape index (κ1) is 23.7. The number of halogens is 2. The van der Waals surface area contributed by atoms with Gasteiger partial charge >= 0.3 is 5.97 Å². The highest BCUT2D eigenvalue weighted by Gasteiger charge is 2.36. The number of nitrogens with two attached hydrogens (primary N) is 2. The number of carbonyl (C=O) groups is 1. The highest BCUT2D eigenvalue weighted by molar-refractivity contribution is 6.01. The van der Waals surface area contributed by atoms with Gasteiger partial charge in [0, 0.05) is 31.2 Å². The standard InChI is InChI=1S/C25H25F2N5O4/c26-19-21(29)18-22(32(15-6-7-15)10-16(24(18)33)25(34)35)20(27)23(19)31-9-14(8-28)17(11-31)30-36-12-13-4-2-1-3-5-13/h1-5,10,14-15H,6-9,11-12,28-29H2,(H,34,35). The van der Waals surface area contributed by atoms with Crippen LogP contribution >= 0.6 is 0 Å². The SMILES string of the molecule is NCC1CN(c2c(F)c(N)c3c(=O)c(C(=O)O)cn(C4CC4)c3c2F)CC1=NOCc1ccccc1. The van der Waals surface area contributed by atoms with Crippen molar-refractivity contribution in [3.8, 4) is 0 Å². The second kappa shape index (κ2) is 9.23. The second-order valence-corrected chi connectivity index (χ2v) is 9.08. The Morgan fingerprint density at radius 2 is 1.92 bits per heavy atom. The minimum atomic E-state index is -1.48. The van der Waals surface area contributed by atoms with Crippen molar-refractivity contribution in [1.82, 2.24) is 4.57 Å². The number of hydrogen-bond donors (Lipinski definition) is 3. The first-order valence-corrected chi connectivity index (χ1v) is 11.6. The predicted octanol–water partition coefficient (Wildman–Crippen LogP) is 2.86. The summed E-state index contributed by atoms with van der Waals surface area (Å²) >= 11 is 0. The fourth-order valence-corrected chi connectivity index (χ4v) is 4.63. The summed E-state index contributed by atoms with van der Waals surface area (Å²) < 4.78 is 32.9. The zero-order chi connectivity index (χ0) is 25.6. The summed E-state index contributed by atoms with van der Waals surface area (Å²) in [5, 5.41) is 13.2. The number of fused-ring (bicyclic) bond motifs is 1. The van der Waals surface area contributed by atoms with E-state index in [2.05, 4.69) is 5.16 Å². The molecule has 0 radical (unpaired) electrons. The van der Waals surface area contributed by atoms with E-state index in [1.807, 2.05) is 30.3 Å². The molecule has 1 aliphatic heterocycles. The van der Waals surface area contributed by atoms with E-state index in [0.29, 0.717) is 18.6 Å². The van der Waals surface area contributed by atoms with Crippen molar-refractivity contribution in [2.24, 2.45) is 16.8 Å². The molecule has 11 heteroatoms. The van der Waals surface area contributed by atoms with E-state index in [0.717, 1.165) is 11.8 Å². The molecule has 2 aliphatic rings. The van der Waals surface area contributed by atoms with Crippen LogP contribution < -0.4 is 21.8 Å². The van der Waals surface area contributed by atoms with E-state index < -0.39 is 45.4 Å². The molecule has 1 atom stereocenters. The first-order valence-electron chi connectivity index (χ1n) is 11.6. The molecular formula is C25H25F2N5O4. The molecule has 0 bridgehead atoms. The fourth-order valence-electron chi connectivity index (χ4n) is 4.63. The van der Waals surface area contributed by atoms with Crippen LogP contribution in [0.4, 0.5) is 20.2 Å². The van der Waals surface area contributed by atoms with Gasteiger partial charge in [0.1, 0.15) is 17.9 Å². The Morgan fingerprint density at radius 1 is 1.19 bits per heavy atom. The number of rotatable bonds is 7. The number of nitrogens with zero attached hydrogens (tertiary/aromatic N) is 3. The van der Waals surface area contributed by atoms with Crippen molar-refractivity contribution < 1.29 is 23.5 Å². The second-order valence-electron chi connectivity index (χ2n) is 9.08. The van der Waals surface area contributed by atoms with Crippen LogP contribution in [0, 0.1) is 17.6 Å². The fraction of sp³-hybridized carbons (Fsp3) is 0.320. The van der Waals surface area contributed by atoms with Crippen molar-refractivity contribution in [3.05, 3.63) is 69.5 Å². The van der Waals surface area contributed by atoms with Gasteiger partial charge in [-0.15, -0.1) is 0 Å². The van der Waals surface area contributed by atoms with E-state index >= 15 is 8.78 Å². The Hall–Kier alpha value is -3.99. The molecule has 5 N–H and O–H groups in total. The maximum Gasteiger partial charge on any atom is 0.341 e.